The minimum atomic E-state index is -0.501. The van der Waals surface area contributed by atoms with Gasteiger partial charge in [0.2, 0.25) is 0 Å². The first-order valence-electron chi connectivity index (χ1n) is 8.00. The first-order chi connectivity index (χ1) is 10.2. The zero-order valence-corrected chi connectivity index (χ0v) is 15.1. The van der Waals surface area contributed by atoms with Crippen LogP contribution in [0.1, 0.15) is 12.0 Å². The Bertz CT molecular complexity index is 435. The van der Waals surface area contributed by atoms with Gasteiger partial charge in [-0.2, -0.15) is 0 Å². The summed E-state index contributed by atoms with van der Waals surface area (Å²) in [6, 6.07) is 4.19. The Hall–Kier alpha value is -0.430. The standard InChI is InChI=1S/C16H26N4O.2ClH/c21-16(4-7-18-13-16)14-20-11-9-19(10-12-20)8-3-15-1-5-17-6-2-15;;/h1-2,5-6,18,21H,3-4,7-14H2;2*1H. The minimum absolute atomic E-state index is 0. The van der Waals surface area contributed by atoms with Crippen molar-refractivity contribution < 1.29 is 5.11 Å². The van der Waals surface area contributed by atoms with Gasteiger partial charge >= 0.3 is 0 Å². The van der Waals surface area contributed by atoms with Gasteiger partial charge < -0.3 is 15.3 Å². The zero-order valence-electron chi connectivity index (χ0n) is 13.5. The normalized spacial score (nSPS) is 25.6. The minimum Gasteiger partial charge on any atom is -0.387 e. The van der Waals surface area contributed by atoms with Crippen LogP contribution in [-0.2, 0) is 6.42 Å². The first-order valence-corrected chi connectivity index (χ1v) is 8.00. The van der Waals surface area contributed by atoms with E-state index >= 15 is 0 Å². The maximum atomic E-state index is 10.4. The number of rotatable bonds is 5. The predicted octanol–water partition coefficient (Wildman–Crippen LogP) is 0.810. The molecule has 1 aromatic rings. The molecule has 0 aromatic carbocycles. The molecule has 2 aliphatic heterocycles. The average Bonchev–Trinajstić information content (AvgIpc) is 2.94. The van der Waals surface area contributed by atoms with Gasteiger partial charge in [-0.1, -0.05) is 0 Å². The maximum absolute atomic E-state index is 10.4. The third-order valence-corrected chi connectivity index (χ3v) is 4.67. The Morgan fingerprint density at radius 2 is 1.74 bits per heavy atom. The monoisotopic (exact) mass is 362 g/mol. The van der Waals surface area contributed by atoms with E-state index < -0.39 is 5.60 Å². The molecule has 1 aromatic heterocycles. The highest BCUT2D eigenvalue weighted by Gasteiger charge is 2.33. The van der Waals surface area contributed by atoms with Crippen molar-refractivity contribution in [3.8, 4) is 0 Å². The summed E-state index contributed by atoms with van der Waals surface area (Å²) >= 11 is 0. The van der Waals surface area contributed by atoms with Crippen molar-refractivity contribution in [1.29, 1.82) is 0 Å². The van der Waals surface area contributed by atoms with Crippen molar-refractivity contribution in [1.82, 2.24) is 20.1 Å². The molecule has 0 amide bonds. The molecule has 1 atom stereocenters. The second-order valence-electron chi connectivity index (χ2n) is 6.37. The number of hydrogen-bond acceptors (Lipinski definition) is 5. The van der Waals surface area contributed by atoms with Crippen molar-refractivity contribution in [2.45, 2.75) is 18.4 Å². The van der Waals surface area contributed by atoms with Crippen LogP contribution in [0.4, 0.5) is 0 Å². The summed E-state index contributed by atoms with van der Waals surface area (Å²) in [7, 11) is 0. The molecule has 0 radical (unpaired) electrons. The van der Waals surface area contributed by atoms with Crippen molar-refractivity contribution in [3.63, 3.8) is 0 Å². The van der Waals surface area contributed by atoms with Gasteiger partial charge in [0.25, 0.3) is 0 Å². The molecule has 0 bridgehead atoms. The second kappa shape index (κ2) is 9.77. The Morgan fingerprint density at radius 3 is 2.35 bits per heavy atom. The molecule has 23 heavy (non-hydrogen) atoms. The van der Waals surface area contributed by atoms with E-state index in [1.54, 1.807) is 0 Å². The molecule has 132 valence electrons. The lowest BCUT2D eigenvalue weighted by atomic mass is 10.0. The van der Waals surface area contributed by atoms with E-state index in [0.717, 1.165) is 65.2 Å². The summed E-state index contributed by atoms with van der Waals surface area (Å²) in [5, 5.41) is 13.7. The van der Waals surface area contributed by atoms with Gasteiger partial charge in [0.1, 0.15) is 0 Å². The number of β-amino-alcohol motifs (C(OH)–C–C–N with tert-alkyl or cyclic N) is 1. The van der Waals surface area contributed by atoms with E-state index in [9.17, 15) is 5.11 Å². The van der Waals surface area contributed by atoms with Gasteiger partial charge in [-0.05, 0) is 37.1 Å². The molecule has 7 heteroatoms. The molecular formula is C16H28Cl2N4O. The number of halogens is 2. The van der Waals surface area contributed by atoms with Gasteiger partial charge in [0.05, 0.1) is 5.60 Å². The molecule has 2 saturated heterocycles. The van der Waals surface area contributed by atoms with Crippen molar-refractivity contribution in [3.05, 3.63) is 30.1 Å². The van der Waals surface area contributed by atoms with Crippen LogP contribution < -0.4 is 5.32 Å². The van der Waals surface area contributed by atoms with Crippen molar-refractivity contribution >= 4 is 24.8 Å². The van der Waals surface area contributed by atoms with E-state index in [1.807, 2.05) is 12.4 Å². The van der Waals surface area contributed by atoms with E-state index in [4.69, 9.17) is 0 Å². The van der Waals surface area contributed by atoms with Gasteiger partial charge in [0.15, 0.2) is 0 Å². The van der Waals surface area contributed by atoms with Crippen LogP contribution in [0, 0.1) is 0 Å². The van der Waals surface area contributed by atoms with Crippen molar-refractivity contribution in [2.24, 2.45) is 0 Å². The molecule has 1 unspecified atom stereocenters. The fourth-order valence-corrected chi connectivity index (χ4v) is 3.29. The number of nitrogens with zero attached hydrogens (tertiary/aromatic N) is 3. The summed E-state index contributed by atoms with van der Waals surface area (Å²) in [6.45, 7) is 7.97. The van der Waals surface area contributed by atoms with Crippen LogP contribution >= 0.6 is 24.8 Å². The number of aromatic nitrogens is 1. The highest BCUT2D eigenvalue weighted by Crippen LogP contribution is 2.17. The lowest BCUT2D eigenvalue weighted by molar-refractivity contribution is 0.00535. The van der Waals surface area contributed by atoms with Gasteiger partial charge in [0, 0.05) is 58.2 Å². The summed E-state index contributed by atoms with van der Waals surface area (Å²) in [5.74, 6) is 0. The van der Waals surface area contributed by atoms with Crippen LogP contribution in [-0.4, -0.2) is 77.8 Å². The number of hydrogen-bond donors (Lipinski definition) is 2. The molecular weight excluding hydrogens is 335 g/mol. The van der Waals surface area contributed by atoms with Crippen molar-refractivity contribution in [2.75, 3.05) is 52.4 Å². The lowest BCUT2D eigenvalue weighted by Crippen LogP contribution is -2.52. The molecule has 5 nitrogen and oxygen atoms in total. The molecule has 3 heterocycles. The lowest BCUT2D eigenvalue weighted by Gasteiger charge is -2.38. The molecule has 2 fully saturated rings. The largest absolute Gasteiger partial charge is 0.387 e. The number of piperazine rings is 1. The Morgan fingerprint density at radius 1 is 1.09 bits per heavy atom. The van der Waals surface area contributed by atoms with E-state index in [-0.39, 0.29) is 24.8 Å². The summed E-state index contributed by atoms with van der Waals surface area (Å²) < 4.78 is 0. The summed E-state index contributed by atoms with van der Waals surface area (Å²) in [4.78, 5) is 8.99. The molecule has 0 saturated carbocycles. The highest BCUT2D eigenvalue weighted by atomic mass is 35.5. The Balaban J connectivity index is 0.00000132. The van der Waals surface area contributed by atoms with Crippen LogP contribution in [0.2, 0.25) is 0 Å². The fourth-order valence-electron chi connectivity index (χ4n) is 3.29. The van der Waals surface area contributed by atoms with Crippen LogP contribution in [0.25, 0.3) is 0 Å². The van der Waals surface area contributed by atoms with E-state index in [0.29, 0.717) is 0 Å². The number of aliphatic hydroxyl groups is 1. The molecule has 0 spiro atoms. The Labute approximate surface area is 151 Å². The molecule has 0 aliphatic carbocycles. The van der Waals surface area contributed by atoms with Gasteiger partial charge in [-0.25, -0.2) is 0 Å². The average molecular weight is 363 g/mol. The van der Waals surface area contributed by atoms with E-state index in [1.165, 1.54) is 5.56 Å². The summed E-state index contributed by atoms with van der Waals surface area (Å²) in [5.41, 5.74) is 0.859. The van der Waals surface area contributed by atoms with E-state index in [2.05, 4.69) is 32.2 Å². The molecule has 2 N–H and O–H groups in total. The topological polar surface area (TPSA) is 51.6 Å². The highest BCUT2D eigenvalue weighted by molar-refractivity contribution is 5.85. The number of nitrogens with one attached hydrogen (secondary N) is 1. The third kappa shape index (κ3) is 6.18. The smallest absolute Gasteiger partial charge is 0.0909 e. The van der Waals surface area contributed by atoms with Crippen LogP contribution in [0.3, 0.4) is 0 Å². The van der Waals surface area contributed by atoms with Crippen LogP contribution in [0.15, 0.2) is 24.5 Å². The molecule has 2 aliphatic rings. The van der Waals surface area contributed by atoms with Gasteiger partial charge in [-0.15, -0.1) is 24.8 Å². The maximum Gasteiger partial charge on any atom is 0.0909 e. The Kier molecular flexibility index (Phi) is 8.75. The molecule has 3 rings (SSSR count). The quantitative estimate of drug-likeness (QED) is 0.811. The zero-order chi connectivity index (χ0) is 14.5. The first kappa shape index (κ1) is 20.6. The third-order valence-electron chi connectivity index (χ3n) is 4.67. The SMILES string of the molecule is Cl.Cl.OC1(CN2CCN(CCc3ccncc3)CC2)CCNC1. The summed E-state index contributed by atoms with van der Waals surface area (Å²) in [6.07, 6.45) is 5.71. The van der Waals surface area contributed by atoms with Crippen LogP contribution in [0.5, 0.6) is 0 Å². The second-order valence-corrected chi connectivity index (χ2v) is 6.37. The predicted molar refractivity (Wildman–Crippen MR) is 97.8 cm³/mol. The van der Waals surface area contributed by atoms with Gasteiger partial charge in [-0.3, -0.25) is 9.88 Å². The fraction of sp³-hybridized carbons (Fsp3) is 0.688. The number of pyridine rings is 1.